The summed E-state index contributed by atoms with van der Waals surface area (Å²) < 4.78 is 10.8. The predicted molar refractivity (Wildman–Crippen MR) is 158 cm³/mol. The van der Waals surface area contributed by atoms with Crippen LogP contribution in [0.3, 0.4) is 0 Å². The molecule has 0 saturated carbocycles. The molecule has 41 heavy (non-hydrogen) atoms. The molecule has 9 nitrogen and oxygen atoms in total. The van der Waals surface area contributed by atoms with E-state index in [4.69, 9.17) is 9.47 Å². The van der Waals surface area contributed by atoms with Crippen LogP contribution in [0.1, 0.15) is 57.7 Å². The highest BCUT2D eigenvalue weighted by Crippen LogP contribution is 2.36. The Labute approximate surface area is 240 Å². The molecule has 0 aromatic heterocycles. The van der Waals surface area contributed by atoms with E-state index in [-0.39, 0.29) is 44.6 Å². The molecule has 2 amide bonds. The summed E-state index contributed by atoms with van der Waals surface area (Å²) >= 11 is 0. The molecule has 0 saturated heterocycles. The van der Waals surface area contributed by atoms with Gasteiger partial charge in [0, 0.05) is 44.5 Å². The van der Waals surface area contributed by atoms with E-state index in [1.807, 2.05) is 32.0 Å². The van der Waals surface area contributed by atoms with Gasteiger partial charge in [0.1, 0.15) is 18.5 Å². The zero-order valence-corrected chi connectivity index (χ0v) is 23.0. The van der Waals surface area contributed by atoms with E-state index >= 15 is 0 Å². The van der Waals surface area contributed by atoms with Crippen molar-refractivity contribution in [3.63, 3.8) is 0 Å². The summed E-state index contributed by atoms with van der Waals surface area (Å²) in [5.41, 5.74) is 6.02. The lowest BCUT2D eigenvalue weighted by Gasteiger charge is -2.16. The molecule has 1 aliphatic carbocycles. The van der Waals surface area contributed by atoms with Crippen molar-refractivity contribution in [2.75, 3.05) is 38.7 Å². The van der Waals surface area contributed by atoms with Gasteiger partial charge in [0.05, 0.1) is 29.0 Å². The molecule has 0 unspecified atom stereocenters. The fraction of sp³-hybridized carbons (Fsp3) is 0.375. The minimum absolute atomic E-state index is 0. The predicted octanol–water partition coefficient (Wildman–Crippen LogP) is 4.20. The molecule has 216 valence electrons. The minimum Gasteiger partial charge on any atom is -0.491 e. The number of allylic oxidation sites excluding steroid dienone is 4. The Bertz CT molecular complexity index is 1430. The maximum Gasteiger partial charge on any atom is 0.261 e. The number of Topliss-reactive ketones (excluding diaryl/α,β-unsaturated/α-hetero) is 1. The van der Waals surface area contributed by atoms with E-state index in [1.54, 1.807) is 31.4 Å². The Kier molecular flexibility index (Phi) is 9.20. The van der Waals surface area contributed by atoms with Crippen LogP contribution in [0.25, 0.3) is 0 Å². The number of fused-ring (bicyclic) bond motifs is 2. The normalized spacial score (nSPS) is 19.3. The first kappa shape index (κ1) is 29.9. The quantitative estimate of drug-likeness (QED) is 0.269. The third-order valence-corrected chi connectivity index (χ3v) is 7.23. The van der Waals surface area contributed by atoms with Gasteiger partial charge in [0.2, 0.25) is 0 Å². The summed E-state index contributed by atoms with van der Waals surface area (Å²) in [7, 11) is 1.58. The van der Waals surface area contributed by atoms with Crippen LogP contribution in [0.4, 0.5) is 5.69 Å². The Morgan fingerprint density at radius 2 is 1.85 bits per heavy atom. The second kappa shape index (κ2) is 12.6. The number of aliphatic imine (C=N–C) groups is 1. The van der Waals surface area contributed by atoms with Gasteiger partial charge in [-0.3, -0.25) is 24.3 Å². The number of carbonyl (C=O) groups excluding carboxylic acids is 3. The van der Waals surface area contributed by atoms with E-state index in [0.29, 0.717) is 65.5 Å². The van der Waals surface area contributed by atoms with Crippen LogP contribution in [0.15, 0.2) is 58.7 Å². The van der Waals surface area contributed by atoms with Gasteiger partial charge in [0.15, 0.2) is 5.78 Å². The molecule has 2 aromatic rings. The van der Waals surface area contributed by atoms with Crippen molar-refractivity contribution in [1.82, 2.24) is 4.90 Å². The highest BCUT2D eigenvalue weighted by Gasteiger charge is 2.37. The molecule has 3 aliphatic rings. The number of aliphatic hydroxyl groups excluding tert-OH is 1. The fourth-order valence-corrected chi connectivity index (χ4v) is 5.23. The average Bonchev–Trinajstić information content (AvgIpc) is 3.44. The van der Waals surface area contributed by atoms with Gasteiger partial charge in [-0.05, 0) is 55.7 Å². The Balaban J connectivity index is 0.00000387. The summed E-state index contributed by atoms with van der Waals surface area (Å²) in [6, 6.07) is 9.30. The monoisotopic (exact) mass is 559 g/mol. The first-order valence-corrected chi connectivity index (χ1v) is 13.4. The van der Waals surface area contributed by atoms with Crippen LogP contribution in [0.2, 0.25) is 0 Å². The minimum atomic E-state index is -0.856. The second-order valence-corrected chi connectivity index (χ2v) is 10.3. The van der Waals surface area contributed by atoms with Gasteiger partial charge in [-0.2, -0.15) is 0 Å². The Morgan fingerprint density at radius 1 is 1.10 bits per heavy atom. The molecule has 9 heteroatoms. The van der Waals surface area contributed by atoms with Gasteiger partial charge < -0.3 is 19.9 Å². The van der Waals surface area contributed by atoms with Crippen molar-refractivity contribution in [1.29, 1.82) is 0 Å². The SMILES string of the molecule is C.COCCCN1C(=O)c2cc3c(cc2C1=O)NC(=C1C(=O)CC=CC1=NC[C@@H](O)COc1ccc(C)cc1C)C3. The largest absolute Gasteiger partial charge is 0.491 e. The van der Waals surface area contributed by atoms with Crippen molar-refractivity contribution in [3.8, 4) is 5.75 Å². The maximum absolute atomic E-state index is 13.0. The highest BCUT2D eigenvalue weighted by molar-refractivity contribution is 6.29. The zero-order valence-electron chi connectivity index (χ0n) is 23.0. The van der Waals surface area contributed by atoms with Crippen LogP contribution in [0, 0.1) is 13.8 Å². The molecule has 2 aromatic carbocycles. The number of ketones is 1. The van der Waals surface area contributed by atoms with Crippen LogP contribution >= 0.6 is 0 Å². The first-order valence-electron chi connectivity index (χ1n) is 13.4. The Hall–Kier alpha value is -4.08. The molecule has 2 aliphatic heterocycles. The molecule has 0 radical (unpaired) electrons. The van der Waals surface area contributed by atoms with Gasteiger partial charge in [-0.1, -0.05) is 31.2 Å². The van der Waals surface area contributed by atoms with Gasteiger partial charge in [0.25, 0.3) is 11.8 Å². The molecular weight excluding hydrogens is 522 g/mol. The molecule has 2 heterocycles. The van der Waals surface area contributed by atoms with Crippen molar-refractivity contribution in [2.24, 2.45) is 4.99 Å². The molecule has 2 N–H and O–H groups in total. The topological polar surface area (TPSA) is 118 Å². The number of benzene rings is 2. The number of aryl methyl sites for hydroxylation is 2. The van der Waals surface area contributed by atoms with Crippen LogP contribution in [-0.2, 0) is 16.0 Å². The lowest BCUT2D eigenvalue weighted by atomic mass is 9.94. The summed E-state index contributed by atoms with van der Waals surface area (Å²) in [6.45, 7) is 4.87. The third-order valence-electron chi connectivity index (χ3n) is 7.23. The van der Waals surface area contributed by atoms with Crippen molar-refractivity contribution >= 4 is 29.0 Å². The van der Waals surface area contributed by atoms with Crippen molar-refractivity contribution in [2.45, 2.75) is 46.6 Å². The van der Waals surface area contributed by atoms with Crippen molar-refractivity contribution in [3.05, 3.63) is 81.6 Å². The lowest BCUT2D eigenvalue weighted by Crippen LogP contribution is -2.31. The van der Waals surface area contributed by atoms with Crippen LogP contribution in [0.5, 0.6) is 5.75 Å². The molecule has 0 fully saturated rings. The highest BCUT2D eigenvalue weighted by atomic mass is 16.5. The van der Waals surface area contributed by atoms with Gasteiger partial charge in [-0.25, -0.2) is 0 Å². The summed E-state index contributed by atoms with van der Waals surface area (Å²) in [5.74, 6) is -0.00180. The smallest absolute Gasteiger partial charge is 0.261 e. The number of anilines is 1. The van der Waals surface area contributed by atoms with E-state index < -0.39 is 6.10 Å². The van der Waals surface area contributed by atoms with Crippen molar-refractivity contribution < 1.29 is 29.0 Å². The standard InChI is InChI=1S/C31H33N3O6.CH4/c1-18-8-9-28(19(2)12-18)40-17-21(35)16-32-24-6-4-7-27(36)29(24)26-14-20-13-22-23(15-25(20)33-26)31(38)34(30(22)37)10-5-11-39-3;/h4,6,8-9,12-13,15,21,33,35H,5,7,10-11,14,16-17H2,1-3H3;1H4/t21-;/m1./s1. The average molecular weight is 560 g/mol. The lowest BCUT2D eigenvalue weighted by molar-refractivity contribution is -0.114. The third kappa shape index (κ3) is 6.16. The summed E-state index contributed by atoms with van der Waals surface area (Å²) in [5, 5.41) is 13.8. The summed E-state index contributed by atoms with van der Waals surface area (Å²) in [4.78, 5) is 44.7. The Morgan fingerprint density at radius 3 is 2.59 bits per heavy atom. The number of amides is 2. The zero-order chi connectivity index (χ0) is 28.4. The van der Waals surface area contributed by atoms with E-state index in [1.165, 1.54) is 4.90 Å². The molecule has 5 rings (SSSR count). The number of hydrogen-bond acceptors (Lipinski definition) is 8. The number of nitrogens with zero attached hydrogens (tertiary/aromatic N) is 2. The van der Waals surface area contributed by atoms with E-state index in [9.17, 15) is 19.5 Å². The van der Waals surface area contributed by atoms with Crippen LogP contribution in [-0.4, -0.2) is 72.8 Å². The number of carbonyl (C=O) groups is 3. The number of hydrogen-bond donors (Lipinski definition) is 2. The number of ether oxygens (including phenoxy) is 2. The van der Waals surface area contributed by atoms with E-state index in [0.717, 1.165) is 16.7 Å². The molecule has 0 spiro atoms. The van der Waals surface area contributed by atoms with E-state index in [2.05, 4.69) is 10.3 Å². The van der Waals surface area contributed by atoms with Crippen LogP contribution < -0.4 is 10.1 Å². The summed E-state index contributed by atoms with van der Waals surface area (Å²) in [6.07, 6.45) is 3.91. The van der Waals surface area contributed by atoms with Gasteiger partial charge in [-0.15, -0.1) is 0 Å². The number of methoxy groups -OCH3 is 1. The fourth-order valence-electron chi connectivity index (χ4n) is 5.23. The number of nitrogens with one attached hydrogen (secondary N) is 1. The molecular formula is C32H37N3O6. The number of rotatable bonds is 9. The number of imide groups is 1. The van der Waals surface area contributed by atoms with Gasteiger partial charge >= 0.3 is 0 Å². The molecule has 0 bridgehead atoms. The molecule has 1 atom stereocenters. The first-order chi connectivity index (χ1) is 19.3. The second-order valence-electron chi connectivity index (χ2n) is 10.3. The number of aliphatic hydroxyl groups is 1. The maximum atomic E-state index is 13.0.